The largest absolute Gasteiger partial charge is 1.00 e. The van der Waals surface area contributed by atoms with Crippen LogP contribution in [0.15, 0.2) is 36.4 Å². The first-order valence-corrected chi connectivity index (χ1v) is 8.56. The monoisotopic (exact) mass is 532 g/mol. The van der Waals surface area contributed by atoms with Crippen molar-refractivity contribution in [2.45, 2.75) is 32.3 Å². The minimum Gasteiger partial charge on any atom is -1.00 e. The minimum atomic E-state index is -1.60. The molecule has 2 unspecified atom stereocenters. The number of esters is 1. The summed E-state index contributed by atoms with van der Waals surface area (Å²) < 4.78 is 50.1. The van der Waals surface area contributed by atoms with E-state index in [-0.39, 0.29) is 88.5 Å². The Kier molecular flexibility index (Phi) is 11.2. The second-order valence-electron chi connectivity index (χ2n) is 6.39. The summed E-state index contributed by atoms with van der Waals surface area (Å²) in [4.78, 5) is 12.1. The summed E-state index contributed by atoms with van der Waals surface area (Å²) in [5, 5.41) is 0. The van der Waals surface area contributed by atoms with Gasteiger partial charge in [0, 0.05) is 12.1 Å². The van der Waals surface area contributed by atoms with Crippen molar-refractivity contribution in [3.05, 3.63) is 65.0 Å². The Hall–Kier alpha value is 0.0264. The summed E-state index contributed by atoms with van der Waals surface area (Å²) in [6, 6.07) is 7.96. The molecule has 1 fully saturated rings. The molecule has 2 aromatic rings. The molecule has 2 atom stereocenters. The van der Waals surface area contributed by atoms with Crippen LogP contribution in [0.25, 0.3) is 0 Å². The molecule has 8 heteroatoms. The van der Waals surface area contributed by atoms with Gasteiger partial charge in [0.2, 0.25) is 0 Å². The standard InChI is InChI=1S/C20H19F3O3.HI.K.H/c1-2-12-3-8-18(25-11-12)13-4-6-14(7-5-13)20(24)26-15-9-16(21)19(23)17(22)10-15;;;/h4-7,9-10,12,18H,2-3,8,11H2,1H3;1H;;/q;;+1;-1. The second kappa shape index (κ2) is 12.0. The molecule has 1 aliphatic rings. The van der Waals surface area contributed by atoms with Gasteiger partial charge in [-0.1, -0.05) is 25.5 Å². The van der Waals surface area contributed by atoms with Crippen LogP contribution in [0.1, 0.15) is 49.6 Å². The Labute approximate surface area is 223 Å². The zero-order chi connectivity index (χ0) is 18.7. The van der Waals surface area contributed by atoms with E-state index in [1.54, 1.807) is 24.3 Å². The number of halogens is 4. The van der Waals surface area contributed by atoms with Crippen LogP contribution in [0.5, 0.6) is 5.75 Å². The van der Waals surface area contributed by atoms with E-state index in [0.29, 0.717) is 18.1 Å². The Balaban J connectivity index is 0.00000261. The number of carbonyl (C=O) groups excluding carboxylic acids is 1. The summed E-state index contributed by atoms with van der Waals surface area (Å²) in [6.45, 7) is 2.88. The molecule has 1 aliphatic heterocycles. The molecule has 0 saturated carbocycles. The van der Waals surface area contributed by atoms with Gasteiger partial charge >= 0.3 is 57.4 Å². The molecule has 0 spiro atoms. The molecule has 1 saturated heterocycles. The van der Waals surface area contributed by atoms with E-state index in [0.717, 1.165) is 31.4 Å². The van der Waals surface area contributed by atoms with Crippen molar-refractivity contribution in [3.8, 4) is 5.75 Å². The van der Waals surface area contributed by atoms with Crippen LogP contribution in [-0.2, 0) is 4.74 Å². The van der Waals surface area contributed by atoms with Gasteiger partial charge in [0.25, 0.3) is 0 Å². The van der Waals surface area contributed by atoms with Crippen molar-refractivity contribution in [2.75, 3.05) is 6.61 Å². The molecular weight excluding hydrogens is 511 g/mol. The molecule has 148 valence electrons. The maximum absolute atomic E-state index is 13.2. The van der Waals surface area contributed by atoms with Gasteiger partial charge in [-0.05, 0) is 36.5 Å². The van der Waals surface area contributed by atoms with E-state index >= 15 is 0 Å². The first-order valence-electron chi connectivity index (χ1n) is 8.56. The van der Waals surface area contributed by atoms with Crippen LogP contribution in [0, 0.1) is 23.4 Å². The fraction of sp³-hybridized carbons (Fsp3) is 0.350. The van der Waals surface area contributed by atoms with E-state index in [4.69, 9.17) is 9.47 Å². The van der Waals surface area contributed by atoms with Crippen LogP contribution >= 0.6 is 24.0 Å². The summed E-state index contributed by atoms with van der Waals surface area (Å²) in [5.74, 6) is -5.01. The predicted octanol–water partition coefficient (Wildman–Crippen LogP) is 2.94. The zero-order valence-corrected chi connectivity index (χ0v) is 21.2. The zero-order valence-electron chi connectivity index (χ0n) is 16.7. The molecule has 0 amide bonds. The van der Waals surface area contributed by atoms with E-state index in [9.17, 15) is 18.0 Å². The van der Waals surface area contributed by atoms with Crippen molar-refractivity contribution in [1.29, 1.82) is 0 Å². The van der Waals surface area contributed by atoms with Gasteiger partial charge in [0.15, 0.2) is 17.5 Å². The third-order valence-electron chi connectivity index (χ3n) is 4.63. The van der Waals surface area contributed by atoms with Gasteiger partial charge in [-0.25, -0.2) is 18.0 Å². The molecule has 1 heterocycles. The maximum atomic E-state index is 13.2. The third-order valence-corrected chi connectivity index (χ3v) is 4.63. The van der Waals surface area contributed by atoms with Crippen LogP contribution in [0.3, 0.4) is 0 Å². The number of benzene rings is 2. The quantitative estimate of drug-likeness (QED) is 0.200. The summed E-state index contributed by atoms with van der Waals surface area (Å²) in [5.41, 5.74) is 1.19. The van der Waals surface area contributed by atoms with Gasteiger partial charge in [-0.2, -0.15) is 0 Å². The maximum Gasteiger partial charge on any atom is 1.00 e. The van der Waals surface area contributed by atoms with Crippen molar-refractivity contribution in [3.63, 3.8) is 0 Å². The molecule has 3 rings (SSSR count). The van der Waals surface area contributed by atoms with E-state index in [1.807, 2.05) is 0 Å². The average Bonchev–Trinajstić information content (AvgIpc) is 2.66. The molecule has 3 nitrogen and oxygen atoms in total. The topological polar surface area (TPSA) is 35.5 Å². The fourth-order valence-electron chi connectivity index (χ4n) is 2.98. The predicted molar refractivity (Wildman–Crippen MR) is 106 cm³/mol. The number of ether oxygens (including phenoxy) is 2. The Morgan fingerprint density at radius 1 is 1.14 bits per heavy atom. The van der Waals surface area contributed by atoms with E-state index in [2.05, 4.69) is 6.92 Å². The third kappa shape index (κ3) is 6.51. The van der Waals surface area contributed by atoms with Crippen LogP contribution in [0.2, 0.25) is 0 Å². The summed E-state index contributed by atoms with van der Waals surface area (Å²) >= 11 is 0. The van der Waals surface area contributed by atoms with Gasteiger partial charge in [0.1, 0.15) is 5.75 Å². The Morgan fingerprint density at radius 3 is 2.25 bits per heavy atom. The van der Waals surface area contributed by atoms with E-state index in [1.165, 1.54) is 0 Å². The molecule has 0 aliphatic carbocycles. The first-order chi connectivity index (χ1) is 12.5. The Bertz CT molecular complexity index is 777. The average molecular weight is 532 g/mol. The first kappa shape index (κ1) is 26.1. The van der Waals surface area contributed by atoms with E-state index < -0.39 is 29.2 Å². The number of rotatable bonds is 4. The molecule has 0 N–H and O–H groups in total. The van der Waals surface area contributed by atoms with Crippen LogP contribution in [-0.4, -0.2) is 12.6 Å². The summed E-state index contributed by atoms with van der Waals surface area (Å²) in [6.07, 6.45) is 3.13. The number of carbonyl (C=O) groups is 1. The van der Waals surface area contributed by atoms with Crippen molar-refractivity contribution < 1.29 is 80.3 Å². The van der Waals surface area contributed by atoms with Gasteiger partial charge in [0.05, 0.1) is 18.3 Å². The van der Waals surface area contributed by atoms with Crippen LogP contribution in [0.4, 0.5) is 13.2 Å². The van der Waals surface area contributed by atoms with Gasteiger partial charge < -0.3 is 10.9 Å². The molecule has 28 heavy (non-hydrogen) atoms. The second-order valence-corrected chi connectivity index (χ2v) is 6.39. The van der Waals surface area contributed by atoms with Gasteiger partial charge in [-0.3, -0.25) is 0 Å². The fourth-order valence-corrected chi connectivity index (χ4v) is 2.98. The van der Waals surface area contributed by atoms with Crippen molar-refractivity contribution >= 4 is 29.9 Å². The molecule has 0 radical (unpaired) electrons. The summed E-state index contributed by atoms with van der Waals surface area (Å²) in [7, 11) is 0. The van der Waals surface area contributed by atoms with Gasteiger partial charge in [-0.15, -0.1) is 24.0 Å². The Morgan fingerprint density at radius 2 is 1.75 bits per heavy atom. The van der Waals surface area contributed by atoms with Crippen molar-refractivity contribution in [1.82, 2.24) is 0 Å². The minimum absolute atomic E-state index is 0. The van der Waals surface area contributed by atoms with Crippen molar-refractivity contribution in [2.24, 2.45) is 5.92 Å². The van der Waals surface area contributed by atoms with Crippen LogP contribution < -0.4 is 56.1 Å². The number of hydrogen-bond acceptors (Lipinski definition) is 3. The molecular formula is C20H21F3IKO3. The number of hydrogen-bond donors (Lipinski definition) is 0. The SMILES string of the molecule is CCC1CCC(c2ccc(C(=O)Oc3cc(F)c(F)c(F)c3)cc2)OC1.I.[H-].[K+]. The molecule has 0 aromatic heterocycles. The smallest absolute Gasteiger partial charge is 1.00 e. The molecule has 2 aromatic carbocycles. The normalized spacial score (nSPS) is 18.6. The molecule has 0 bridgehead atoms.